The standard InChI is InChI=1S/C29H37N3O3/c1-30(2)25-13-15-26(16-14-25)31-19-23(20-31)21-32(29(34)24-9-5-4-6-10-24)27-11-7-8-22(18-27)12-17-28(33)35-3/h7-8,11-18,23-24H,4-6,9-10,19-21H2,1-3H3/b17-12+. The maximum atomic E-state index is 13.7. The number of hydrogen-bond donors (Lipinski definition) is 0. The first-order valence-corrected chi connectivity index (χ1v) is 12.6. The Labute approximate surface area is 209 Å². The van der Waals surface area contributed by atoms with Gasteiger partial charge < -0.3 is 19.4 Å². The third kappa shape index (κ3) is 6.24. The van der Waals surface area contributed by atoms with E-state index in [0.717, 1.165) is 50.0 Å². The lowest BCUT2D eigenvalue weighted by Gasteiger charge is -2.44. The van der Waals surface area contributed by atoms with E-state index in [1.54, 1.807) is 6.08 Å². The van der Waals surface area contributed by atoms with Gasteiger partial charge in [-0.3, -0.25) is 4.79 Å². The molecule has 0 N–H and O–H groups in total. The van der Waals surface area contributed by atoms with Crippen molar-refractivity contribution in [2.75, 3.05) is 55.5 Å². The normalized spacial score (nSPS) is 16.7. The van der Waals surface area contributed by atoms with E-state index < -0.39 is 5.97 Å². The summed E-state index contributed by atoms with van der Waals surface area (Å²) >= 11 is 0. The first-order valence-electron chi connectivity index (χ1n) is 12.6. The molecule has 0 unspecified atom stereocenters. The van der Waals surface area contributed by atoms with Crippen LogP contribution in [0.3, 0.4) is 0 Å². The zero-order chi connectivity index (χ0) is 24.8. The van der Waals surface area contributed by atoms with E-state index in [1.807, 2.05) is 43.3 Å². The predicted octanol–water partition coefficient (Wildman–Crippen LogP) is 4.99. The molecular weight excluding hydrogens is 438 g/mol. The Morgan fingerprint density at radius 3 is 2.37 bits per heavy atom. The molecule has 4 rings (SSSR count). The summed E-state index contributed by atoms with van der Waals surface area (Å²) in [6, 6.07) is 16.5. The molecule has 0 aromatic heterocycles. The summed E-state index contributed by atoms with van der Waals surface area (Å²) in [7, 11) is 5.46. The highest BCUT2D eigenvalue weighted by atomic mass is 16.5. The topological polar surface area (TPSA) is 53.1 Å². The number of methoxy groups -OCH3 is 1. The molecule has 0 bridgehead atoms. The van der Waals surface area contributed by atoms with Crippen molar-refractivity contribution in [2.45, 2.75) is 32.1 Å². The predicted molar refractivity (Wildman–Crippen MR) is 143 cm³/mol. The van der Waals surface area contributed by atoms with Crippen LogP contribution in [0.1, 0.15) is 37.7 Å². The molecule has 0 spiro atoms. The molecule has 35 heavy (non-hydrogen) atoms. The second kappa shape index (κ2) is 11.4. The van der Waals surface area contributed by atoms with Crippen LogP contribution in [0.2, 0.25) is 0 Å². The number of anilines is 3. The third-order valence-electron chi connectivity index (χ3n) is 7.14. The van der Waals surface area contributed by atoms with E-state index in [1.165, 1.54) is 31.0 Å². The zero-order valence-electron chi connectivity index (χ0n) is 21.2. The van der Waals surface area contributed by atoms with Crippen LogP contribution < -0.4 is 14.7 Å². The zero-order valence-corrected chi connectivity index (χ0v) is 21.2. The number of carbonyl (C=O) groups is 2. The Bertz CT molecular complexity index is 1040. The number of amides is 1. The summed E-state index contributed by atoms with van der Waals surface area (Å²) in [4.78, 5) is 31.7. The van der Waals surface area contributed by atoms with Crippen molar-refractivity contribution in [2.24, 2.45) is 11.8 Å². The third-order valence-corrected chi connectivity index (χ3v) is 7.14. The Kier molecular flexibility index (Phi) is 8.11. The van der Waals surface area contributed by atoms with Crippen LogP contribution in [0.25, 0.3) is 6.08 Å². The fourth-order valence-electron chi connectivity index (χ4n) is 5.04. The van der Waals surface area contributed by atoms with Crippen LogP contribution in [-0.2, 0) is 14.3 Å². The minimum absolute atomic E-state index is 0.104. The van der Waals surface area contributed by atoms with Crippen molar-refractivity contribution in [1.82, 2.24) is 0 Å². The van der Waals surface area contributed by atoms with E-state index >= 15 is 0 Å². The average Bonchev–Trinajstić information content (AvgIpc) is 2.87. The summed E-state index contributed by atoms with van der Waals surface area (Å²) in [6.07, 6.45) is 8.60. The second-order valence-corrected chi connectivity index (χ2v) is 9.92. The minimum Gasteiger partial charge on any atom is -0.466 e. The molecule has 1 saturated heterocycles. The Hall–Kier alpha value is -3.28. The summed E-state index contributed by atoms with van der Waals surface area (Å²) in [5.74, 6) is 0.379. The van der Waals surface area contributed by atoms with Gasteiger partial charge in [-0.1, -0.05) is 31.4 Å². The van der Waals surface area contributed by atoms with Crippen LogP contribution >= 0.6 is 0 Å². The molecule has 1 saturated carbocycles. The number of esters is 1. The number of carbonyl (C=O) groups excluding carboxylic acids is 2. The molecular formula is C29H37N3O3. The van der Waals surface area contributed by atoms with Crippen molar-refractivity contribution >= 4 is 35.0 Å². The molecule has 2 aromatic rings. The lowest BCUT2D eigenvalue weighted by molar-refractivity contribution is -0.134. The van der Waals surface area contributed by atoms with Crippen molar-refractivity contribution in [1.29, 1.82) is 0 Å². The summed E-state index contributed by atoms with van der Waals surface area (Å²) in [5, 5.41) is 0. The van der Waals surface area contributed by atoms with Gasteiger partial charge in [-0.25, -0.2) is 4.79 Å². The molecule has 6 nitrogen and oxygen atoms in total. The molecule has 0 radical (unpaired) electrons. The van der Waals surface area contributed by atoms with Crippen LogP contribution in [-0.4, -0.2) is 52.7 Å². The van der Waals surface area contributed by atoms with Crippen LogP contribution in [0.4, 0.5) is 17.1 Å². The van der Waals surface area contributed by atoms with Gasteiger partial charge in [0, 0.05) is 68.7 Å². The molecule has 6 heteroatoms. The molecule has 1 heterocycles. The maximum absolute atomic E-state index is 13.7. The van der Waals surface area contributed by atoms with Gasteiger partial charge in [-0.2, -0.15) is 0 Å². The molecule has 1 aliphatic carbocycles. The summed E-state index contributed by atoms with van der Waals surface area (Å²) in [6.45, 7) is 2.60. The molecule has 1 aliphatic heterocycles. The van der Waals surface area contributed by atoms with E-state index in [4.69, 9.17) is 4.74 Å². The highest BCUT2D eigenvalue weighted by molar-refractivity contribution is 5.95. The van der Waals surface area contributed by atoms with Crippen LogP contribution in [0, 0.1) is 11.8 Å². The molecule has 0 atom stereocenters. The SMILES string of the molecule is COC(=O)/C=C/c1cccc(N(CC2CN(c3ccc(N(C)C)cc3)C2)C(=O)C2CCCCC2)c1. The number of hydrogen-bond acceptors (Lipinski definition) is 5. The van der Waals surface area contributed by atoms with Gasteiger partial charge in [0.2, 0.25) is 5.91 Å². The lowest BCUT2D eigenvalue weighted by atomic mass is 9.87. The monoisotopic (exact) mass is 475 g/mol. The molecule has 2 aromatic carbocycles. The van der Waals surface area contributed by atoms with Gasteiger partial charge >= 0.3 is 5.97 Å². The maximum Gasteiger partial charge on any atom is 0.330 e. The summed E-state index contributed by atoms with van der Waals surface area (Å²) in [5.41, 5.74) is 4.20. The number of ether oxygens (including phenoxy) is 1. The Balaban J connectivity index is 1.47. The van der Waals surface area contributed by atoms with E-state index in [2.05, 4.69) is 34.1 Å². The number of nitrogens with zero attached hydrogens (tertiary/aromatic N) is 3. The van der Waals surface area contributed by atoms with Crippen LogP contribution in [0.15, 0.2) is 54.6 Å². The second-order valence-electron chi connectivity index (χ2n) is 9.92. The van der Waals surface area contributed by atoms with Gasteiger partial charge in [0.1, 0.15) is 0 Å². The molecule has 2 aliphatic rings. The van der Waals surface area contributed by atoms with Crippen molar-refractivity contribution in [3.63, 3.8) is 0 Å². The molecule has 186 valence electrons. The fraction of sp³-hybridized carbons (Fsp3) is 0.448. The van der Waals surface area contributed by atoms with Gasteiger partial charge in [0.15, 0.2) is 0 Å². The van der Waals surface area contributed by atoms with E-state index in [9.17, 15) is 9.59 Å². The van der Waals surface area contributed by atoms with Crippen molar-refractivity contribution in [3.8, 4) is 0 Å². The van der Waals surface area contributed by atoms with E-state index in [0.29, 0.717) is 12.5 Å². The largest absolute Gasteiger partial charge is 0.466 e. The fourth-order valence-corrected chi connectivity index (χ4v) is 5.04. The first kappa shape index (κ1) is 24.8. The number of rotatable bonds is 8. The Morgan fingerprint density at radius 1 is 1.00 bits per heavy atom. The quantitative estimate of drug-likeness (QED) is 0.398. The molecule has 2 fully saturated rings. The lowest BCUT2D eigenvalue weighted by Crippen LogP contribution is -2.53. The Morgan fingerprint density at radius 2 is 1.71 bits per heavy atom. The van der Waals surface area contributed by atoms with Gasteiger partial charge in [-0.15, -0.1) is 0 Å². The molecule has 1 amide bonds. The van der Waals surface area contributed by atoms with Gasteiger partial charge in [0.05, 0.1) is 7.11 Å². The van der Waals surface area contributed by atoms with Crippen LogP contribution in [0.5, 0.6) is 0 Å². The first-order chi connectivity index (χ1) is 16.9. The van der Waals surface area contributed by atoms with Gasteiger partial charge in [-0.05, 0) is 60.9 Å². The smallest absolute Gasteiger partial charge is 0.330 e. The summed E-state index contributed by atoms with van der Waals surface area (Å²) < 4.78 is 4.71. The van der Waals surface area contributed by atoms with Crippen molar-refractivity contribution < 1.29 is 14.3 Å². The number of benzene rings is 2. The van der Waals surface area contributed by atoms with Crippen molar-refractivity contribution in [3.05, 3.63) is 60.2 Å². The highest BCUT2D eigenvalue weighted by Crippen LogP contribution is 2.32. The van der Waals surface area contributed by atoms with E-state index in [-0.39, 0.29) is 11.8 Å². The van der Waals surface area contributed by atoms with Gasteiger partial charge in [0.25, 0.3) is 0 Å². The average molecular weight is 476 g/mol. The highest BCUT2D eigenvalue weighted by Gasteiger charge is 2.33. The minimum atomic E-state index is -0.390.